The number of rotatable bonds is 1. The first kappa shape index (κ1) is 13.9. The molecule has 1 aromatic heterocycles. The van der Waals surface area contributed by atoms with Crippen molar-refractivity contribution in [2.75, 3.05) is 0 Å². The van der Waals surface area contributed by atoms with Crippen molar-refractivity contribution < 1.29 is 13.2 Å². The van der Waals surface area contributed by atoms with Gasteiger partial charge in [-0.2, -0.15) is 13.2 Å². The number of halogens is 3. The molecule has 1 aliphatic carbocycles. The van der Waals surface area contributed by atoms with Gasteiger partial charge in [0.05, 0.1) is 5.92 Å². The molecule has 0 aromatic carbocycles. The van der Waals surface area contributed by atoms with Gasteiger partial charge >= 0.3 is 6.18 Å². The lowest BCUT2D eigenvalue weighted by atomic mass is 9.78. The summed E-state index contributed by atoms with van der Waals surface area (Å²) in [7, 11) is 0. The van der Waals surface area contributed by atoms with Crippen LogP contribution in [-0.4, -0.2) is 27.0 Å². The number of nitrogens with two attached hydrogens (primary N) is 1. The third-order valence-electron chi connectivity index (χ3n) is 4.53. The maximum Gasteiger partial charge on any atom is 0.392 e. The third kappa shape index (κ3) is 2.43. The van der Waals surface area contributed by atoms with Crippen LogP contribution in [0.2, 0.25) is 0 Å². The van der Waals surface area contributed by atoms with Crippen LogP contribution in [0.25, 0.3) is 0 Å². The van der Waals surface area contributed by atoms with E-state index in [0.29, 0.717) is 31.6 Å². The van der Waals surface area contributed by atoms with Crippen LogP contribution in [0.15, 0.2) is 0 Å². The second-order valence-corrected chi connectivity index (χ2v) is 5.92. The molecule has 0 saturated heterocycles. The number of hydrogen-bond acceptors (Lipinski definition) is 3. The van der Waals surface area contributed by atoms with Crippen LogP contribution in [0.1, 0.15) is 49.7 Å². The summed E-state index contributed by atoms with van der Waals surface area (Å²) in [4.78, 5) is 0. The van der Waals surface area contributed by atoms with E-state index in [4.69, 9.17) is 5.73 Å². The van der Waals surface area contributed by atoms with E-state index >= 15 is 0 Å². The van der Waals surface area contributed by atoms with Gasteiger partial charge in [-0.3, -0.25) is 0 Å². The molecule has 0 spiro atoms. The first-order valence-corrected chi connectivity index (χ1v) is 7.21. The Morgan fingerprint density at radius 1 is 1.10 bits per heavy atom. The Morgan fingerprint density at radius 3 is 2.60 bits per heavy atom. The van der Waals surface area contributed by atoms with Crippen LogP contribution in [0.4, 0.5) is 13.2 Å². The van der Waals surface area contributed by atoms with Gasteiger partial charge in [0.15, 0.2) is 0 Å². The van der Waals surface area contributed by atoms with Gasteiger partial charge in [-0.15, -0.1) is 10.2 Å². The molecular formula is C13H19F3N4. The highest BCUT2D eigenvalue weighted by atomic mass is 19.4. The van der Waals surface area contributed by atoms with Crippen LogP contribution in [-0.2, 0) is 13.0 Å². The van der Waals surface area contributed by atoms with Crippen molar-refractivity contribution >= 4 is 0 Å². The third-order valence-corrected chi connectivity index (χ3v) is 4.53. The van der Waals surface area contributed by atoms with Crippen molar-refractivity contribution in [3.05, 3.63) is 11.6 Å². The predicted molar refractivity (Wildman–Crippen MR) is 67.1 cm³/mol. The van der Waals surface area contributed by atoms with Gasteiger partial charge in [0.25, 0.3) is 0 Å². The highest BCUT2D eigenvalue weighted by molar-refractivity contribution is 5.09. The van der Waals surface area contributed by atoms with Crippen LogP contribution in [0.3, 0.4) is 0 Å². The van der Waals surface area contributed by atoms with E-state index in [1.165, 1.54) is 0 Å². The molecule has 0 radical (unpaired) electrons. The highest BCUT2D eigenvalue weighted by Gasteiger charge is 2.47. The first-order chi connectivity index (χ1) is 9.47. The fraction of sp³-hybridized carbons (Fsp3) is 0.846. The van der Waals surface area contributed by atoms with E-state index in [1.54, 1.807) is 0 Å². The van der Waals surface area contributed by atoms with E-state index in [0.717, 1.165) is 18.7 Å². The number of hydrogen-bond donors (Lipinski definition) is 1. The Bertz CT molecular complexity index is 482. The summed E-state index contributed by atoms with van der Waals surface area (Å²) in [5.74, 6) is -0.566. The second-order valence-electron chi connectivity index (χ2n) is 5.92. The van der Waals surface area contributed by atoms with Crippen LogP contribution < -0.4 is 5.73 Å². The van der Waals surface area contributed by atoms with Gasteiger partial charge in [-0.25, -0.2) is 0 Å². The summed E-state index contributed by atoms with van der Waals surface area (Å²) in [6.45, 7) is 0.540. The predicted octanol–water partition coefficient (Wildman–Crippen LogP) is 2.39. The van der Waals surface area contributed by atoms with E-state index in [-0.39, 0.29) is 12.5 Å². The maximum atomic E-state index is 13.2. The lowest BCUT2D eigenvalue weighted by molar-refractivity contribution is -0.188. The molecule has 0 bridgehead atoms. The zero-order chi connectivity index (χ0) is 14.3. The average molecular weight is 288 g/mol. The molecule has 3 unspecified atom stereocenters. The largest absolute Gasteiger partial charge is 0.392 e. The van der Waals surface area contributed by atoms with Crippen LogP contribution in [0, 0.1) is 5.92 Å². The Morgan fingerprint density at radius 2 is 1.85 bits per heavy atom. The van der Waals surface area contributed by atoms with Crippen molar-refractivity contribution in [2.24, 2.45) is 11.7 Å². The van der Waals surface area contributed by atoms with Gasteiger partial charge < -0.3 is 10.3 Å². The van der Waals surface area contributed by atoms with Crippen molar-refractivity contribution in [3.8, 4) is 0 Å². The fourth-order valence-corrected chi connectivity index (χ4v) is 3.48. The molecule has 20 heavy (non-hydrogen) atoms. The summed E-state index contributed by atoms with van der Waals surface area (Å²) in [5, 5.41) is 8.15. The normalized spacial score (nSPS) is 31.1. The molecule has 2 aliphatic rings. The average Bonchev–Trinajstić information content (AvgIpc) is 2.80. The van der Waals surface area contributed by atoms with Gasteiger partial charge in [0, 0.05) is 24.9 Å². The lowest BCUT2D eigenvalue weighted by Gasteiger charge is -2.33. The number of nitrogens with zero attached hydrogens (tertiary/aromatic N) is 3. The van der Waals surface area contributed by atoms with Gasteiger partial charge in [0.2, 0.25) is 0 Å². The molecule has 3 atom stereocenters. The minimum absolute atomic E-state index is 0.00910. The summed E-state index contributed by atoms with van der Waals surface area (Å²) in [6.07, 6.45) is -0.427. The second kappa shape index (κ2) is 5.02. The molecule has 1 saturated carbocycles. The monoisotopic (exact) mass is 288 g/mol. The first-order valence-electron chi connectivity index (χ1n) is 7.21. The number of aromatic nitrogens is 3. The van der Waals surface area contributed by atoms with Gasteiger partial charge in [-0.1, -0.05) is 12.8 Å². The molecule has 112 valence electrons. The minimum atomic E-state index is -4.16. The summed E-state index contributed by atoms with van der Waals surface area (Å²) < 4.78 is 41.5. The summed E-state index contributed by atoms with van der Waals surface area (Å²) in [5.41, 5.74) is 5.93. The van der Waals surface area contributed by atoms with Crippen molar-refractivity contribution in [3.63, 3.8) is 0 Å². The molecule has 3 rings (SSSR count). The molecule has 0 amide bonds. The molecule has 1 fully saturated rings. The molecular weight excluding hydrogens is 269 g/mol. The Kier molecular flexibility index (Phi) is 3.48. The summed E-state index contributed by atoms with van der Waals surface area (Å²) >= 11 is 0. The zero-order valence-electron chi connectivity index (χ0n) is 11.2. The van der Waals surface area contributed by atoms with Gasteiger partial charge in [-0.05, 0) is 19.3 Å². The summed E-state index contributed by atoms with van der Waals surface area (Å²) in [6, 6.07) is -0.00910. The topological polar surface area (TPSA) is 56.7 Å². The van der Waals surface area contributed by atoms with Crippen molar-refractivity contribution in [1.82, 2.24) is 14.8 Å². The zero-order valence-corrected chi connectivity index (χ0v) is 11.2. The Labute approximate surface area is 115 Å². The highest BCUT2D eigenvalue weighted by Crippen LogP contribution is 2.46. The lowest BCUT2D eigenvalue weighted by Crippen LogP contribution is -2.36. The number of alkyl halides is 3. The van der Waals surface area contributed by atoms with E-state index in [1.807, 2.05) is 4.57 Å². The standard InChI is InChI=1S/C13H19F3N4/c14-13(15,16)10-4-2-1-3-9(10)12-19-18-11-6-5-8(17)7-20(11)12/h8-10H,1-7,17H2. The SMILES string of the molecule is NC1CCc2nnc(C3CCCCC3C(F)(F)F)n2C1. The fourth-order valence-electron chi connectivity index (χ4n) is 3.48. The Balaban J connectivity index is 1.93. The maximum absolute atomic E-state index is 13.2. The van der Waals surface area contributed by atoms with Crippen LogP contribution in [0.5, 0.6) is 0 Å². The Hall–Kier alpha value is -1.11. The smallest absolute Gasteiger partial charge is 0.326 e. The van der Waals surface area contributed by atoms with Crippen molar-refractivity contribution in [1.29, 1.82) is 0 Å². The number of aryl methyl sites for hydroxylation is 1. The molecule has 2 heterocycles. The minimum Gasteiger partial charge on any atom is -0.326 e. The van der Waals surface area contributed by atoms with Crippen molar-refractivity contribution in [2.45, 2.75) is 63.2 Å². The van der Waals surface area contributed by atoms with E-state index in [2.05, 4.69) is 10.2 Å². The van der Waals surface area contributed by atoms with E-state index < -0.39 is 18.0 Å². The molecule has 4 nitrogen and oxygen atoms in total. The van der Waals surface area contributed by atoms with E-state index in [9.17, 15) is 13.2 Å². The number of fused-ring (bicyclic) bond motifs is 1. The molecule has 1 aromatic rings. The molecule has 2 N–H and O–H groups in total. The molecule has 7 heteroatoms. The van der Waals surface area contributed by atoms with Gasteiger partial charge in [0.1, 0.15) is 11.6 Å². The quantitative estimate of drug-likeness (QED) is 0.863. The van der Waals surface area contributed by atoms with Crippen LogP contribution >= 0.6 is 0 Å². The molecule has 1 aliphatic heterocycles.